The molecule has 0 aromatic carbocycles. The Balaban J connectivity index is 0. The van der Waals surface area contributed by atoms with Crippen molar-refractivity contribution in [2.75, 3.05) is 0 Å². The molecule has 0 aromatic rings. The molecule has 0 aliphatic rings. The van der Waals surface area contributed by atoms with E-state index in [1.165, 1.54) is 0 Å². The van der Waals surface area contributed by atoms with E-state index in [0.717, 1.165) is 0 Å². The van der Waals surface area contributed by atoms with Gasteiger partial charge in [-0.1, -0.05) is 13.8 Å². The minimum atomic E-state index is -0.486. The zero-order valence-corrected chi connectivity index (χ0v) is 7.27. The van der Waals surface area contributed by atoms with Crippen LogP contribution in [-0.2, 0) is 9.53 Å². The van der Waals surface area contributed by atoms with Crippen LogP contribution in [0.5, 0.6) is 0 Å². The second kappa shape index (κ2) is 5.50. The fourth-order valence-corrected chi connectivity index (χ4v) is 0.319. The number of halogens is 1. The Bertz CT molecular complexity index is 104. The van der Waals surface area contributed by atoms with Crippen molar-refractivity contribution in [1.82, 2.24) is 0 Å². The SMILES string of the molecule is CC(N)OC(=O)C(C)C.Cl. The van der Waals surface area contributed by atoms with Crippen LogP contribution in [0.25, 0.3) is 0 Å². The Kier molecular flexibility index (Phi) is 6.82. The lowest BCUT2D eigenvalue weighted by atomic mass is 10.2. The molecule has 0 rings (SSSR count). The lowest BCUT2D eigenvalue weighted by molar-refractivity contribution is -0.151. The van der Waals surface area contributed by atoms with E-state index >= 15 is 0 Å². The first-order valence-electron chi connectivity index (χ1n) is 3.00. The van der Waals surface area contributed by atoms with Crippen LogP contribution in [0, 0.1) is 5.92 Å². The van der Waals surface area contributed by atoms with Crippen LogP contribution in [0.1, 0.15) is 20.8 Å². The Morgan fingerprint density at radius 3 is 1.90 bits per heavy atom. The van der Waals surface area contributed by atoms with Crippen LogP contribution in [0.2, 0.25) is 0 Å². The highest BCUT2D eigenvalue weighted by Gasteiger charge is 2.08. The molecule has 0 saturated heterocycles. The number of nitrogens with two attached hydrogens (primary N) is 1. The molecule has 0 bridgehead atoms. The van der Waals surface area contributed by atoms with Gasteiger partial charge in [-0.25, -0.2) is 0 Å². The van der Waals surface area contributed by atoms with E-state index in [9.17, 15) is 4.79 Å². The molecule has 1 unspecified atom stereocenters. The number of rotatable bonds is 2. The lowest BCUT2D eigenvalue weighted by Crippen LogP contribution is -2.25. The molecule has 10 heavy (non-hydrogen) atoms. The third kappa shape index (κ3) is 5.85. The fraction of sp³-hybridized carbons (Fsp3) is 0.833. The Hall–Kier alpha value is -0.280. The Labute approximate surface area is 67.3 Å². The quantitative estimate of drug-likeness (QED) is 0.492. The van der Waals surface area contributed by atoms with Crippen LogP contribution >= 0.6 is 12.4 Å². The first kappa shape index (κ1) is 12.4. The van der Waals surface area contributed by atoms with Gasteiger partial charge in [-0.2, -0.15) is 0 Å². The van der Waals surface area contributed by atoms with Gasteiger partial charge in [0.15, 0.2) is 0 Å². The van der Waals surface area contributed by atoms with Crippen LogP contribution in [0.3, 0.4) is 0 Å². The van der Waals surface area contributed by atoms with Crippen LogP contribution < -0.4 is 5.73 Å². The number of hydrogen-bond donors (Lipinski definition) is 1. The lowest BCUT2D eigenvalue weighted by Gasteiger charge is -2.08. The van der Waals surface area contributed by atoms with Gasteiger partial charge in [0.05, 0.1) is 5.92 Å². The number of carbonyl (C=O) groups is 1. The molecule has 0 amide bonds. The zero-order chi connectivity index (χ0) is 7.44. The molecular weight excluding hydrogens is 154 g/mol. The van der Waals surface area contributed by atoms with Crippen molar-refractivity contribution in [2.24, 2.45) is 11.7 Å². The van der Waals surface area contributed by atoms with Gasteiger partial charge in [0.1, 0.15) is 6.23 Å². The first-order chi connectivity index (χ1) is 4.04. The number of hydrogen-bond acceptors (Lipinski definition) is 3. The maximum absolute atomic E-state index is 10.7. The predicted octanol–water partition coefficient (Wildman–Crippen LogP) is 0.912. The van der Waals surface area contributed by atoms with E-state index < -0.39 is 6.23 Å². The summed E-state index contributed by atoms with van der Waals surface area (Å²) in [5.41, 5.74) is 5.19. The largest absolute Gasteiger partial charge is 0.447 e. The second-order valence-electron chi connectivity index (χ2n) is 2.30. The van der Waals surface area contributed by atoms with Gasteiger partial charge in [0.2, 0.25) is 0 Å². The summed E-state index contributed by atoms with van der Waals surface area (Å²) in [5, 5.41) is 0. The van der Waals surface area contributed by atoms with Gasteiger partial charge in [0, 0.05) is 0 Å². The second-order valence-corrected chi connectivity index (χ2v) is 2.30. The topological polar surface area (TPSA) is 52.3 Å². The molecule has 1 atom stereocenters. The van der Waals surface area contributed by atoms with Crippen LogP contribution in [-0.4, -0.2) is 12.2 Å². The molecule has 0 fully saturated rings. The molecule has 4 heteroatoms. The van der Waals surface area contributed by atoms with Crippen molar-refractivity contribution in [3.63, 3.8) is 0 Å². The van der Waals surface area contributed by atoms with E-state index in [0.29, 0.717) is 0 Å². The highest BCUT2D eigenvalue weighted by molar-refractivity contribution is 5.85. The zero-order valence-electron chi connectivity index (χ0n) is 6.46. The normalized spacial score (nSPS) is 12.1. The average Bonchev–Trinajstić information content (AvgIpc) is 1.63. The maximum atomic E-state index is 10.7. The molecule has 3 nitrogen and oxygen atoms in total. The van der Waals surface area contributed by atoms with Crippen molar-refractivity contribution in [1.29, 1.82) is 0 Å². The standard InChI is InChI=1S/C6H13NO2.ClH/c1-4(2)6(8)9-5(3)7;/h4-5H,7H2,1-3H3;1H. The summed E-state index contributed by atoms with van der Waals surface area (Å²) in [7, 11) is 0. The van der Waals surface area contributed by atoms with Gasteiger partial charge in [-0.05, 0) is 6.92 Å². The van der Waals surface area contributed by atoms with Gasteiger partial charge in [-0.15, -0.1) is 12.4 Å². The van der Waals surface area contributed by atoms with Gasteiger partial charge < -0.3 is 4.74 Å². The first-order valence-corrected chi connectivity index (χ1v) is 3.00. The summed E-state index contributed by atoms with van der Waals surface area (Å²) in [4.78, 5) is 10.7. The summed E-state index contributed by atoms with van der Waals surface area (Å²) in [6.07, 6.45) is -0.486. The molecule has 2 N–H and O–H groups in total. The van der Waals surface area contributed by atoms with Crippen molar-refractivity contribution >= 4 is 18.4 Å². The molecule has 62 valence electrons. The number of carbonyl (C=O) groups excluding carboxylic acids is 1. The van der Waals surface area contributed by atoms with E-state index in [2.05, 4.69) is 4.74 Å². The third-order valence-electron chi connectivity index (χ3n) is 0.773. The van der Waals surface area contributed by atoms with E-state index in [1.807, 2.05) is 0 Å². The molecule has 0 radical (unpaired) electrons. The van der Waals surface area contributed by atoms with Crippen molar-refractivity contribution in [2.45, 2.75) is 27.0 Å². The summed E-state index contributed by atoms with van der Waals surface area (Å²) in [6, 6.07) is 0. The van der Waals surface area contributed by atoms with Crippen LogP contribution in [0.15, 0.2) is 0 Å². The number of esters is 1. The Morgan fingerprint density at radius 1 is 1.40 bits per heavy atom. The van der Waals surface area contributed by atoms with Crippen LogP contribution in [0.4, 0.5) is 0 Å². The monoisotopic (exact) mass is 167 g/mol. The minimum Gasteiger partial charge on any atom is -0.447 e. The number of ether oxygens (including phenoxy) is 1. The molecule has 0 aliphatic carbocycles. The Morgan fingerprint density at radius 2 is 1.80 bits per heavy atom. The highest BCUT2D eigenvalue weighted by Crippen LogP contribution is 1.96. The summed E-state index contributed by atoms with van der Waals surface area (Å²) < 4.78 is 4.65. The van der Waals surface area contributed by atoms with Gasteiger partial charge in [0.25, 0.3) is 0 Å². The molecule has 0 heterocycles. The van der Waals surface area contributed by atoms with Crippen molar-refractivity contribution in [3.05, 3.63) is 0 Å². The summed E-state index contributed by atoms with van der Waals surface area (Å²) in [6.45, 7) is 5.16. The summed E-state index contributed by atoms with van der Waals surface area (Å²) in [5.74, 6) is -0.332. The van der Waals surface area contributed by atoms with Gasteiger partial charge >= 0.3 is 5.97 Å². The average molecular weight is 168 g/mol. The maximum Gasteiger partial charge on any atom is 0.309 e. The fourth-order valence-electron chi connectivity index (χ4n) is 0.319. The van der Waals surface area contributed by atoms with E-state index in [4.69, 9.17) is 5.73 Å². The highest BCUT2D eigenvalue weighted by atomic mass is 35.5. The predicted molar refractivity (Wildman–Crippen MR) is 41.8 cm³/mol. The van der Waals surface area contributed by atoms with Gasteiger partial charge in [-0.3, -0.25) is 10.5 Å². The molecule has 0 aliphatic heterocycles. The minimum absolute atomic E-state index is 0. The molecule has 0 saturated carbocycles. The molecular formula is C6H14ClNO2. The third-order valence-corrected chi connectivity index (χ3v) is 0.773. The van der Waals surface area contributed by atoms with E-state index in [-0.39, 0.29) is 24.3 Å². The van der Waals surface area contributed by atoms with Crippen molar-refractivity contribution < 1.29 is 9.53 Å². The molecule has 0 spiro atoms. The van der Waals surface area contributed by atoms with E-state index in [1.54, 1.807) is 20.8 Å². The van der Waals surface area contributed by atoms with Crippen molar-refractivity contribution in [3.8, 4) is 0 Å². The summed E-state index contributed by atoms with van der Waals surface area (Å²) >= 11 is 0. The smallest absolute Gasteiger partial charge is 0.309 e. The molecule has 0 aromatic heterocycles.